The van der Waals surface area contributed by atoms with Crippen LogP contribution in [0, 0.1) is 0 Å². The summed E-state index contributed by atoms with van der Waals surface area (Å²) in [6.07, 6.45) is 6.11. The van der Waals surface area contributed by atoms with Crippen LogP contribution in [0.4, 0.5) is 5.00 Å². The van der Waals surface area contributed by atoms with Crippen molar-refractivity contribution >= 4 is 28.3 Å². The van der Waals surface area contributed by atoms with E-state index < -0.39 is 0 Å². The number of nitrogens with one attached hydrogen (secondary N) is 2. The van der Waals surface area contributed by atoms with E-state index in [0.29, 0.717) is 0 Å². The summed E-state index contributed by atoms with van der Waals surface area (Å²) >= 11 is 1.71. The monoisotopic (exact) mass is 391 g/mol. The first-order valence-corrected chi connectivity index (χ1v) is 10.3. The zero-order chi connectivity index (χ0) is 18.9. The van der Waals surface area contributed by atoms with Gasteiger partial charge in [0.25, 0.3) is 5.91 Å². The molecule has 1 aromatic carbocycles. The number of rotatable bonds is 4. The van der Waals surface area contributed by atoms with Crippen LogP contribution >= 0.6 is 11.3 Å². The zero-order valence-corrected chi connectivity index (χ0v) is 16.2. The van der Waals surface area contributed by atoms with Gasteiger partial charge in [-0.05, 0) is 41.8 Å². The molecule has 0 saturated carbocycles. The second kappa shape index (κ2) is 7.30. The van der Waals surface area contributed by atoms with Gasteiger partial charge in [-0.2, -0.15) is 0 Å². The highest BCUT2D eigenvalue weighted by atomic mass is 32.1. The Kier molecular flexibility index (Phi) is 4.50. The van der Waals surface area contributed by atoms with E-state index in [1.165, 1.54) is 16.0 Å². The molecule has 3 aromatic rings. The van der Waals surface area contributed by atoms with E-state index in [2.05, 4.69) is 39.8 Å². The zero-order valence-electron chi connectivity index (χ0n) is 15.4. The summed E-state index contributed by atoms with van der Waals surface area (Å²) in [7, 11) is 0. The van der Waals surface area contributed by atoms with Crippen molar-refractivity contribution in [3.8, 4) is 0 Å². The number of amides is 1. The van der Waals surface area contributed by atoms with Gasteiger partial charge in [0.2, 0.25) is 0 Å². The summed E-state index contributed by atoms with van der Waals surface area (Å²) < 4.78 is 5.32. The summed E-state index contributed by atoms with van der Waals surface area (Å²) in [5.74, 6) is 0.778. The van der Waals surface area contributed by atoms with Crippen LogP contribution in [0.15, 0.2) is 59.2 Å². The van der Waals surface area contributed by atoms with Crippen LogP contribution in [0.2, 0.25) is 0 Å². The smallest absolute Gasteiger partial charge is 0.256 e. The summed E-state index contributed by atoms with van der Waals surface area (Å²) in [6, 6.07) is 14.3. The fourth-order valence-corrected chi connectivity index (χ4v) is 5.16. The number of nitrogens with zero attached hydrogens (tertiary/aromatic N) is 1. The first-order valence-electron chi connectivity index (χ1n) is 9.46. The molecular weight excluding hydrogens is 370 g/mol. The van der Waals surface area contributed by atoms with E-state index in [1.807, 2.05) is 30.4 Å². The fraction of sp³-hybridized carbons (Fsp3) is 0.227. The Morgan fingerprint density at radius 1 is 1.18 bits per heavy atom. The standard InChI is InChI=1S/C22H21N3O2S/c26-21-20-17-10-11-25(13-15-5-2-1-3-6-15)14-18(17)28-22(20)24-19(23-21)9-8-16-7-4-12-27-16/h1-9,12,19,24H,10-11,13-14H2,(H,23,26)/b9-8+. The van der Waals surface area contributed by atoms with Crippen molar-refractivity contribution in [1.29, 1.82) is 0 Å². The van der Waals surface area contributed by atoms with Crippen LogP contribution in [-0.4, -0.2) is 23.5 Å². The van der Waals surface area contributed by atoms with E-state index >= 15 is 0 Å². The van der Waals surface area contributed by atoms with Crippen molar-refractivity contribution in [1.82, 2.24) is 10.2 Å². The van der Waals surface area contributed by atoms with E-state index in [0.717, 1.165) is 42.4 Å². The van der Waals surface area contributed by atoms with Gasteiger partial charge < -0.3 is 15.1 Å². The normalized spacial score (nSPS) is 19.1. The largest absolute Gasteiger partial charge is 0.465 e. The number of furan rings is 1. The van der Waals surface area contributed by atoms with Gasteiger partial charge in [-0.25, -0.2) is 0 Å². The van der Waals surface area contributed by atoms with Crippen LogP contribution in [0.1, 0.15) is 32.1 Å². The summed E-state index contributed by atoms with van der Waals surface area (Å²) in [5.41, 5.74) is 3.37. The highest BCUT2D eigenvalue weighted by Gasteiger charge is 2.32. The fourth-order valence-electron chi connectivity index (χ4n) is 3.84. The molecule has 28 heavy (non-hydrogen) atoms. The Labute approximate surface area is 167 Å². The molecule has 0 spiro atoms. The number of carbonyl (C=O) groups excluding carboxylic acids is 1. The molecule has 0 saturated heterocycles. The molecule has 0 aliphatic carbocycles. The SMILES string of the molecule is O=C1NC(/C=C/c2ccco2)Nc2sc3c(c21)CCN(Cc1ccccc1)C3. The molecule has 1 unspecified atom stereocenters. The molecule has 6 heteroatoms. The first kappa shape index (κ1) is 17.3. The second-order valence-electron chi connectivity index (χ2n) is 7.12. The lowest BCUT2D eigenvalue weighted by Crippen LogP contribution is -2.43. The molecule has 1 amide bonds. The molecule has 0 fully saturated rings. The molecule has 142 valence electrons. The Morgan fingerprint density at radius 2 is 2.07 bits per heavy atom. The molecule has 2 aromatic heterocycles. The maximum Gasteiger partial charge on any atom is 0.256 e. The molecule has 4 heterocycles. The van der Waals surface area contributed by atoms with Crippen molar-refractivity contribution in [3.63, 3.8) is 0 Å². The second-order valence-corrected chi connectivity index (χ2v) is 8.23. The van der Waals surface area contributed by atoms with E-state index in [9.17, 15) is 4.79 Å². The number of anilines is 1. The Balaban J connectivity index is 1.33. The topological polar surface area (TPSA) is 57.5 Å². The third-order valence-electron chi connectivity index (χ3n) is 5.18. The molecular formula is C22H21N3O2S. The predicted octanol–water partition coefficient (Wildman–Crippen LogP) is 4.09. The summed E-state index contributed by atoms with van der Waals surface area (Å²) in [4.78, 5) is 16.5. The minimum atomic E-state index is -0.231. The lowest BCUT2D eigenvalue weighted by Gasteiger charge is -2.28. The Bertz CT molecular complexity index is 1010. The van der Waals surface area contributed by atoms with Crippen LogP contribution < -0.4 is 10.6 Å². The Hall–Kier alpha value is -2.83. The van der Waals surface area contributed by atoms with E-state index in [4.69, 9.17) is 4.42 Å². The van der Waals surface area contributed by atoms with Gasteiger partial charge >= 0.3 is 0 Å². The predicted molar refractivity (Wildman–Crippen MR) is 111 cm³/mol. The van der Waals surface area contributed by atoms with E-state index in [1.54, 1.807) is 17.6 Å². The van der Waals surface area contributed by atoms with Crippen molar-refractivity contribution < 1.29 is 9.21 Å². The number of fused-ring (bicyclic) bond motifs is 3. The number of hydrogen-bond acceptors (Lipinski definition) is 5. The maximum absolute atomic E-state index is 12.7. The van der Waals surface area contributed by atoms with Crippen molar-refractivity contribution in [2.24, 2.45) is 0 Å². The Morgan fingerprint density at radius 3 is 2.89 bits per heavy atom. The number of hydrogen-bond donors (Lipinski definition) is 2. The van der Waals surface area contributed by atoms with Gasteiger partial charge in [-0.3, -0.25) is 9.69 Å². The van der Waals surface area contributed by atoms with Gasteiger partial charge in [0.1, 0.15) is 16.9 Å². The molecule has 1 atom stereocenters. The molecule has 0 bridgehead atoms. The van der Waals surface area contributed by atoms with Crippen LogP contribution in [0.3, 0.4) is 0 Å². The lowest BCUT2D eigenvalue weighted by molar-refractivity contribution is 0.0942. The third kappa shape index (κ3) is 3.37. The van der Waals surface area contributed by atoms with Gasteiger partial charge in [-0.15, -0.1) is 11.3 Å². The van der Waals surface area contributed by atoms with Gasteiger partial charge in [0.15, 0.2) is 0 Å². The summed E-state index contributed by atoms with van der Waals surface area (Å²) in [5, 5.41) is 7.46. The number of thiophene rings is 1. The summed E-state index contributed by atoms with van der Waals surface area (Å²) in [6.45, 7) is 2.81. The molecule has 2 aliphatic heterocycles. The minimum absolute atomic E-state index is 0.0110. The molecule has 0 radical (unpaired) electrons. The average Bonchev–Trinajstić information content (AvgIpc) is 3.34. The number of carbonyl (C=O) groups is 1. The number of benzene rings is 1. The van der Waals surface area contributed by atoms with Gasteiger partial charge in [-0.1, -0.05) is 30.3 Å². The van der Waals surface area contributed by atoms with Crippen LogP contribution in [0.5, 0.6) is 0 Å². The van der Waals surface area contributed by atoms with Gasteiger partial charge in [0.05, 0.1) is 11.8 Å². The van der Waals surface area contributed by atoms with Gasteiger partial charge in [0, 0.05) is 24.5 Å². The highest BCUT2D eigenvalue weighted by Crippen LogP contribution is 2.39. The molecule has 5 rings (SSSR count). The quantitative estimate of drug-likeness (QED) is 0.703. The van der Waals surface area contributed by atoms with E-state index in [-0.39, 0.29) is 12.1 Å². The van der Waals surface area contributed by atoms with Crippen LogP contribution in [0.25, 0.3) is 6.08 Å². The molecule has 2 N–H and O–H groups in total. The van der Waals surface area contributed by atoms with Crippen molar-refractivity contribution in [2.45, 2.75) is 25.7 Å². The highest BCUT2D eigenvalue weighted by molar-refractivity contribution is 7.16. The molecule has 5 nitrogen and oxygen atoms in total. The minimum Gasteiger partial charge on any atom is -0.465 e. The van der Waals surface area contributed by atoms with Crippen molar-refractivity contribution in [2.75, 3.05) is 11.9 Å². The molecule has 2 aliphatic rings. The van der Waals surface area contributed by atoms with Crippen LogP contribution in [-0.2, 0) is 19.5 Å². The van der Waals surface area contributed by atoms with Crippen molar-refractivity contribution in [3.05, 3.63) is 82.1 Å². The third-order valence-corrected chi connectivity index (χ3v) is 6.33. The first-order chi connectivity index (χ1) is 13.8. The maximum atomic E-state index is 12.7. The average molecular weight is 391 g/mol. The lowest BCUT2D eigenvalue weighted by atomic mass is 10.0.